The van der Waals surface area contributed by atoms with Gasteiger partial charge in [-0.1, -0.05) is 20.8 Å². The number of hydrogen-bond acceptors (Lipinski definition) is 2. The maximum atomic E-state index is 6.29. The molecule has 0 aromatic carbocycles. The SMILES string of the molecule is CCN1CCC(N)(C(C)C)CC1. The molecule has 1 heterocycles. The van der Waals surface area contributed by atoms with Crippen molar-refractivity contribution in [3.05, 3.63) is 0 Å². The summed E-state index contributed by atoms with van der Waals surface area (Å²) < 4.78 is 0. The molecule has 0 saturated carbocycles. The van der Waals surface area contributed by atoms with Crippen LogP contribution in [-0.4, -0.2) is 30.1 Å². The Bertz CT molecular complexity index is 135. The van der Waals surface area contributed by atoms with Crippen molar-refractivity contribution in [1.82, 2.24) is 4.90 Å². The summed E-state index contributed by atoms with van der Waals surface area (Å²) in [6.45, 7) is 10.2. The lowest BCUT2D eigenvalue weighted by Crippen LogP contribution is -2.53. The first kappa shape index (κ1) is 10.0. The molecule has 2 nitrogen and oxygen atoms in total. The quantitative estimate of drug-likeness (QED) is 0.680. The maximum Gasteiger partial charge on any atom is 0.0202 e. The van der Waals surface area contributed by atoms with Crippen LogP contribution in [0.2, 0.25) is 0 Å². The van der Waals surface area contributed by atoms with Gasteiger partial charge in [-0.2, -0.15) is 0 Å². The van der Waals surface area contributed by atoms with E-state index >= 15 is 0 Å². The lowest BCUT2D eigenvalue weighted by Gasteiger charge is -2.41. The normalized spacial score (nSPS) is 24.8. The molecule has 0 radical (unpaired) electrons. The van der Waals surface area contributed by atoms with Crippen molar-refractivity contribution in [1.29, 1.82) is 0 Å². The summed E-state index contributed by atoms with van der Waals surface area (Å²) >= 11 is 0. The average molecular weight is 170 g/mol. The summed E-state index contributed by atoms with van der Waals surface area (Å²) in [5.74, 6) is 0.622. The van der Waals surface area contributed by atoms with Gasteiger partial charge in [0.25, 0.3) is 0 Å². The second-order valence-corrected chi connectivity index (χ2v) is 4.32. The molecule has 1 aliphatic heterocycles. The van der Waals surface area contributed by atoms with Gasteiger partial charge < -0.3 is 10.6 Å². The second-order valence-electron chi connectivity index (χ2n) is 4.32. The molecule has 2 N–H and O–H groups in total. The third-order valence-corrected chi connectivity index (χ3v) is 3.38. The predicted octanol–water partition coefficient (Wildman–Crippen LogP) is 1.46. The summed E-state index contributed by atoms with van der Waals surface area (Å²) in [7, 11) is 0. The molecular weight excluding hydrogens is 148 g/mol. The van der Waals surface area contributed by atoms with Crippen molar-refractivity contribution in [2.75, 3.05) is 19.6 Å². The number of nitrogens with two attached hydrogens (primary N) is 1. The van der Waals surface area contributed by atoms with E-state index in [-0.39, 0.29) is 5.54 Å². The monoisotopic (exact) mass is 170 g/mol. The molecule has 12 heavy (non-hydrogen) atoms. The van der Waals surface area contributed by atoms with E-state index in [1.807, 2.05) is 0 Å². The Morgan fingerprint density at radius 1 is 1.33 bits per heavy atom. The molecule has 0 bridgehead atoms. The predicted molar refractivity (Wildman–Crippen MR) is 53.1 cm³/mol. The standard InChI is InChI=1S/C10H22N2/c1-4-12-7-5-10(11,6-8-12)9(2)3/h9H,4-8,11H2,1-3H3. The van der Waals surface area contributed by atoms with Gasteiger partial charge in [0.1, 0.15) is 0 Å². The number of likely N-dealkylation sites (tertiary alicyclic amines) is 1. The highest BCUT2D eigenvalue weighted by Gasteiger charge is 2.32. The molecule has 0 aromatic heterocycles. The highest BCUT2D eigenvalue weighted by Crippen LogP contribution is 2.26. The van der Waals surface area contributed by atoms with E-state index in [2.05, 4.69) is 25.7 Å². The Morgan fingerprint density at radius 2 is 1.83 bits per heavy atom. The number of nitrogens with zero attached hydrogens (tertiary/aromatic N) is 1. The first-order valence-corrected chi connectivity index (χ1v) is 5.09. The first-order chi connectivity index (χ1) is 5.58. The minimum absolute atomic E-state index is 0.117. The summed E-state index contributed by atoms with van der Waals surface area (Å²) in [5, 5.41) is 0. The minimum Gasteiger partial charge on any atom is -0.325 e. The van der Waals surface area contributed by atoms with Crippen LogP contribution in [-0.2, 0) is 0 Å². The van der Waals surface area contributed by atoms with Crippen LogP contribution < -0.4 is 5.73 Å². The fourth-order valence-corrected chi connectivity index (χ4v) is 1.86. The summed E-state index contributed by atoms with van der Waals surface area (Å²) in [4.78, 5) is 2.48. The van der Waals surface area contributed by atoms with Gasteiger partial charge in [0.2, 0.25) is 0 Å². The molecule has 72 valence electrons. The van der Waals surface area contributed by atoms with Gasteiger partial charge >= 0.3 is 0 Å². The van der Waals surface area contributed by atoms with E-state index in [1.165, 1.54) is 32.5 Å². The van der Waals surface area contributed by atoms with Crippen molar-refractivity contribution < 1.29 is 0 Å². The van der Waals surface area contributed by atoms with Crippen molar-refractivity contribution in [2.45, 2.75) is 39.2 Å². The third-order valence-electron chi connectivity index (χ3n) is 3.38. The molecule has 0 aromatic rings. The van der Waals surface area contributed by atoms with E-state index in [1.54, 1.807) is 0 Å². The van der Waals surface area contributed by atoms with Crippen LogP contribution >= 0.6 is 0 Å². The fraction of sp³-hybridized carbons (Fsp3) is 1.00. The molecule has 1 saturated heterocycles. The molecule has 1 fully saturated rings. The van der Waals surface area contributed by atoms with Crippen molar-refractivity contribution in [2.24, 2.45) is 11.7 Å². The Hall–Kier alpha value is -0.0800. The topological polar surface area (TPSA) is 29.3 Å². The van der Waals surface area contributed by atoms with E-state index < -0.39 is 0 Å². The lowest BCUT2D eigenvalue weighted by molar-refractivity contribution is 0.135. The van der Waals surface area contributed by atoms with Crippen LogP contribution in [0.1, 0.15) is 33.6 Å². The van der Waals surface area contributed by atoms with Crippen LogP contribution in [0.4, 0.5) is 0 Å². The van der Waals surface area contributed by atoms with E-state index in [0.717, 1.165) is 0 Å². The average Bonchev–Trinajstić information content (AvgIpc) is 2.06. The van der Waals surface area contributed by atoms with Crippen LogP contribution in [0, 0.1) is 5.92 Å². The van der Waals surface area contributed by atoms with Crippen molar-refractivity contribution in [3.63, 3.8) is 0 Å². The fourth-order valence-electron chi connectivity index (χ4n) is 1.86. The molecule has 2 heteroatoms. The number of hydrogen-bond donors (Lipinski definition) is 1. The van der Waals surface area contributed by atoms with Gasteiger partial charge in [-0.3, -0.25) is 0 Å². The van der Waals surface area contributed by atoms with Crippen molar-refractivity contribution in [3.8, 4) is 0 Å². The zero-order chi connectivity index (χ0) is 9.19. The maximum absolute atomic E-state index is 6.29. The van der Waals surface area contributed by atoms with Crippen LogP contribution in [0.3, 0.4) is 0 Å². The summed E-state index contributed by atoms with van der Waals surface area (Å²) in [6.07, 6.45) is 2.33. The molecule has 0 aliphatic carbocycles. The van der Waals surface area contributed by atoms with Crippen molar-refractivity contribution >= 4 is 0 Å². The van der Waals surface area contributed by atoms with Crippen LogP contribution in [0.5, 0.6) is 0 Å². The van der Waals surface area contributed by atoms with E-state index in [4.69, 9.17) is 5.73 Å². The smallest absolute Gasteiger partial charge is 0.0202 e. The first-order valence-electron chi connectivity index (χ1n) is 5.09. The number of piperidine rings is 1. The zero-order valence-corrected chi connectivity index (χ0v) is 8.64. The van der Waals surface area contributed by atoms with Gasteiger partial charge in [0.15, 0.2) is 0 Å². The van der Waals surface area contributed by atoms with Gasteiger partial charge in [-0.15, -0.1) is 0 Å². The molecule has 1 rings (SSSR count). The second kappa shape index (κ2) is 3.75. The van der Waals surface area contributed by atoms with E-state index in [0.29, 0.717) is 5.92 Å². The highest BCUT2D eigenvalue weighted by molar-refractivity contribution is 4.92. The summed E-state index contributed by atoms with van der Waals surface area (Å²) in [6, 6.07) is 0. The zero-order valence-electron chi connectivity index (χ0n) is 8.64. The lowest BCUT2D eigenvalue weighted by atomic mass is 9.79. The number of rotatable bonds is 2. The van der Waals surface area contributed by atoms with Gasteiger partial charge in [0.05, 0.1) is 0 Å². The summed E-state index contributed by atoms with van der Waals surface area (Å²) in [5.41, 5.74) is 6.41. The Balaban J connectivity index is 2.44. The Kier molecular flexibility index (Phi) is 3.13. The Morgan fingerprint density at radius 3 is 2.17 bits per heavy atom. The minimum atomic E-state index is 0.117. The molecule has 0 amide bonds. The molecule has 0 spiro atoms. The third kappa shape index (κ3) is 1.99. The molecule has 0 unspecified atom stereocenters. The van der Waals surface area contributed by atoms with Crippen LogP contribution in [0.15, 0.2) is 0 Å². The van der Waals surface area contributed by atoms with Gasteiger partial charge in [-0.05, 0) is 38.4 Å². The largest absolute Gasteiger partial charge is 0.325 e. The van der Waals surface area contributed by atoms with Crippen LogP contribution in [0.25, 0.3) is 0 Å². The highest BCUT2D eigenvalue weighted by atomic mass is 15.1. The molecular formula is C10H22N2. The van der Waals surface area contributed by atoms with Gasteiger partial charge in [0, 0.05) is 5.54 Å². The Labute approximate surface area is 76.1 Å². The molecule has 0 atom stereocenters. The molecule has 1 aliphatic rings. The van der Waals surface area contributed by atoms with Gasteiger partial charge in [-0.25, -0.2) is 0 Å². The van der Waals surface area contributed by atoms with E-state index in [9.17, 15) is 0 Å².